The van der Waals surface area contributed by atoms with Crippen LogP contribution < -0.4 is 5.73 Å². The molecule has 17 heavy (non-hydrogen) atoms. The van der Waals surface area contributed by atoms with E-state index in [-0.39, 0.29) is 0 Å². The van der Waals surface area contributed by atoms with Crippen molar-refractivity contribution in [2.45, 2.75) is 44.7 Å². The molecular formula is C13H21ClN2S. The second-order valence-electron chi connectivity index (χ2n) is 4.69. The van der Waals surface area contributed by atoms with Crippen molar-refractivity contribution in [2.24, 2.45) is 5.73 Å². The lowest BCUT2D eigenvalue weighted by molar-refractivity contribution is 0.0966. The zero-order valence-electron chi connectivity index (χ0n) is 10.4. The highest BCUT2D eigenvalue weighted by atomic mass is 35.5. The highest BCUT2D eigenvalue weighted by molar-refractivity contribution is 7.16. The molecule has 1 aliphatic heterocycles. The molecule has 0 radical (unpaired) electrons. The summed E-state index contributed by atoms with van der Waals surface area (Å²) >= 11 is 7.70. The van der Waals surface area contributed by atoms with Crippen LogP contribution in [0.3, 0.4) is 0 Å². The molecule has 1 aliphatic rings. The van der Waals surface area contributed by atoms with Gasteiger partial charge in [0.05, 0.1) is 10.4 Å². The number of piperidine rings is 1. The van der Waals surface area contributed by atoms with Crippen molar-refractivity contribution in [1.29, 1.82) is 0 Å². The summed E-state index contributed by atoms with van der Waals surface area (Å²) in [4.78, 5) is 3.91. The van der Waals surface area contributed by atoms with Crippen LogP contribution in [0.15, 0.2) is 12.1 Å². The Labute approximate surface area is 113 Å². The van der Waals surface area contributed by atoms with E-state index >= 15 is 0 Å². The summed E-state index contributed by atoms with van der Waals surface area (Å²) in [6.07, 6.45) is 5.19. The van der Waals surface area contributed by atoms with Gasteiger partial charge < -0.3 is 5.73 Å². The van der Waals surface area contributed by atoms with Crippen molar-refractivity contribution in [1.82, 2.24) is 4.90 Å². The third-order valence-electron chi connectivity index (χ3n) is 3.69. The van der Waals surface area contributed by atoms with Crippen LogP contribution >= 0.6 is 22.9 Å². The van der Waals surface area contributed by atoms with Gasteiger partial charge in [-0.3, -0.25) is 4.90 Å². The number of halogens is 1. The summed E-state index contributed by atoms with van der Waals surface area (Å²) in [6.45, 7) is 4.14. The van der Waals surface area contributed by atoms with Crippen LogP contribution in [0.5, 0.6) is 0 Å². The normalized spacial score (nSPS) is 23.8. The molecule has 0 saturated carbocycles. The van der Waals surface area contributed by atoms with Crippen molar-refractivity contribution in [3.05, 3.63) is 21.3 Å². The second-order valence-corrected chi connectivity index (χ2v) is 6.44. The number of nitrogens with two attached hydrogens (primary N) is 1. The Morgan fingerprint density at radius 2 is 2.35 bits per heavy atom. The van der Waals surface area contributed by atoms with Gasteiger partial charge in [-0.15, -0.1) is 11.3 Å². The topological polar surface area (TPSA) is 29.3 Å². The van der Waals surface area contributed by atoms with Gasteiger partial charge >= 0.3 is 0 Å². The lowest BCUT2D eigenvalue weighted by Crippen LogP contribution is -2.43. The van der Waals surface area contributed by atoms with E-state index in [1.165, 1.54) is 37.1 Å². The predicted molar refractivity (Wildman–Crippen MR) is 75.8 cm³/mol. The Kier molecular flexibility index (Phi) is 4.86. The average molecular weight is 273 g/mol. The van der Waals surface area contributed by atoms with E-state index in [2.05, 4.69) is 17.9 Å². The summed E-state index contributed by atoms with van der Waals surface area (Å²) in [6, 6.07) is 5.16. The Morgan fingerprint density at radius 3 is 2.94 bits per heavy atom. The van der Waals surface area contributed by atoms with E-state index in [1.54, 1.807) is 11.3 Å². The molecule has 0 spiro atoms. The standard InChI is InChI=1S/C13H21ClN2S/c1-2-10-5-3-4-8-16(10)11(9-15)12-6-7-13(14)17-12/h6-7,10-11H,2-5,8-9,15H2,1H3. The predicted octanol–water partition coefficient (Wildman–Crippen LogP) is 3.67. The number of rotatable bonds is 4. The largest absolute Gasteiger partial charge is 0.329 e. The van der Waals surface area contributed by atoms with Gasteiger partial charge in [-0.25, -0.2) is 0 Å². The summed E-state index contributed by atoms with van der Waals surface area (Å²) in [5.74, 6) is 0. The van der Waals surface area contributed by atoms with Gasteiger partial charge in [0.2, 0.25) is 0 Å². The Morgan fingerprint density at radius 1 is 1.53 bits per heavy atom. The highest BCUT2D eigenvalue weighted by Gasteiger charge is 2.28. The monoisotopic (exact) mass is 272 g/mol. The molecule has 1 fully saturated rings. The van der Waals surface area contributed by atoms with Gasteiger partial charge in [0.1, 0.15) is 0 Å². The lowest BCUT2D eigenvalue weighted by Gasteiger charge is -2.40. The minimum atomic E-state index is 0.359. The first-order valence-electron chi connectivity index (χ1n) is 6.47. The molecular weight excluding hydrogens is 252 g/mol. The smallest absolute Gasteiger partial charge is 0.0931 e. The molecule has 1 aromatic heterocycles. The van der Waals surface area contributed by atoms with Gasteiger partial charge in [0.25, 0.3) is 0 Å². The number of thiophene rings is 1. The second kappa shape index (κ2) is 6.19. The molecule has 2 rings (SSSR count). The van der Waals surface area contributed by atoms with E-state index in [4.69, 9.17) is 17.3 Å². The fraction of sp³-hybridized carbons (Fsp3) is 0.692. The average Bonchev–Trinajstić information content (AvgIpc) is 2.77. The molecule has 2 unspecified atom stereocenters. The van der Waals surface area contributed by atoms with Gasteiger partial charge in [0, 0.05) is 17.5 Å². The van der Waals surface area contributed by atoms with Crippen LogP contribution in [0.2, 0.25) is 4.34 Å². The number of hydrogen-bond donors (Lipinski definition) is 1. The zero-order valence-corrected chi connectivity index (χ0v) is 11.9. The van der Waals surface area contributed by atoms with E-state index in [1.807, 2.05) is 6.07 Å². The van der Waals surface area contributed by atoms with Crippen molar-refractivity contribution in [2.75, 3.05) is 13.1 Å². The molecule has 96 valence electrons. The number of nitrogens with zero attached hydrogens (tertiary/aromatic N) is 1. The van der Waals surface area contributed by atoms with E-state index in [0.717, 1.165) is 4.34 Å². The minimum absolute atomic E-state index is 0.359. The van der Waals surface area contributed by atoms with E-state index in [9.17, 15) is 0 Å². The summed E-state index contributed by atoms with van der Waals surface area (Å²) < 4.78 is 0.864. The summed E-state index contributed by atoms with van der Waals surface area (Å²) in [5, 5.41) is 0. The van der Waals surface area contributed by atoms with Gasteiger partial charge in [-0.1, -0.05) is 24.9 Å². The van der Waals surface area contributed by atoms with Crippen molar-refractivity contribution in [3.8, 4) is 0 Å². The quantitative estimate of drug-likeness (QED) is 0.906. The van der Waals surface area contributed by atoms with Gasteiger partial charge in [0.15, 0.2) is 0 Å². The van der Waals surface area contributed by atoms with Crippen molar-refractivity contribution < 1.29 is 0 Å². The third kappa shape index (κ3) is 3.02. The van der Waals surface area contributed by atoms with Crippen molar-refractivity contribution in [3.63, 3.8) is 0 Å². The summed E-state index contributed by atoms with van der Waals surface area (Å²) in [5.41, 5.74) is 5.98. The Hall–Kier alpha value is -0.0900. The first-order chi connectivity index (χ1) is 8.26. The molecule has 2 nitrogen and oxygen atoms in total. The molecule has 0 aromatic carbocycles. The maximum atomic E-state index is 6.03. The fourth-order valence-electron chi connectivity index (χ4n) is 2.79. The summed E-state index contributed by atoms with van der Waals surface area (Å²) in [7, 11) is 0. The molecule has 2 heterocycles. The fourth-order valence-corrected chi connectivity index (χ4v) is 3.99. The first-order valence-corrected chi connectivity index (χ1v) is 7.66. The van der Waals surface area contributed by atoms with Crippen LogP contribution in [0.25, 0.3) is 0 Å². The van der Waals surface area contributed by atoms with Crippen LogP contribution in [0, 0.1) is 0 Å². The molecule has 0 amide bonds. The number of hydrogen-bond acceptors (Lipinski definition) is 3. The van der Waals surface area contributed by atoms with E-state index < -0.39 is 0 Å². The van der Waals surface area contributed by atoms with Crippen molar-refractivity contribution >= 4 is 22.9 Å². The Balaban J connectivity index is 2.16. The maximum Gasteiger partial charge on any atom is 0.0931 e. The molecule has 1 aromatic rings. The third-order valence-corrected chi connectivity index (χ3v) is 5.02. The van der Waals surface area contributed by atoms with Crippen LogP contribution in [-0.4, -0.2) is 24.0 Å². The lowest BCUT2D eigenvalue weighted by atomic mass is 9.97. The van der Waals surface area contributed by atoms with Crippen LogP contribution in [0.1, 0.15) is 43.5 Å². The van der Waals surface area contributed by atoms with Gasteiger partial charge in [-0.05, 0) is 37.9 Å². The molecule has 0 bridgehead atoms. The van der Waals surface area contributed by atoms with E-state index in [0.29, 0.717) is 18.6 Å². The molecule has 2 atom stereocenters. The molecule has 0 aliphatic carbocycles. The first kappa shape index (κ1) is 13.3. The minimum Gasteiger partial charge on any atom is -0.329 e. The molecule has 1 saturated heterocycles. The number of likely N-dealkylation sites (tertiary alicyclic amines) is 1. The zero-order chi connectivity index (χ0) is 12.3. The molecule has 4 heteroatoms. The highest BCUT2D eigenvalue weighted by Crippen LogP contribution is 2.34. The van der Waals surface area contributed by atoms with Gasteiger partial charge in [-0.2, -0.15) is 0 Å². The molecule has 2 N–H and O–H groups in total. The SMILES string of the molecule is CCC1CCCCN1C(CN)c1ccc(Cl)s1. The Bertz CT molecular complexity index is 353. The van der Waals surface area contributed by atoms with Crippen LogP contribution in [0.4, 0.5) is 0 Å². The maximum absolute atomic E-state index is 6.03. The van der Waals surface area contributed by atoms with Crippen LogP contribution in [-0.2, 0) is 0 Å².